The van der Waals surface area contributed by atoms with Crippen LogP contribution in [0.2, 0.25) is 0 Å². The second-order valence-electron chi connectivity index (χ2n) is 1.85. The van der Waals surface area contributed by atoms with Crippen molar-refractivity contribution in [3.05, 3.63) is 0 Å². The van der Waals surface area contributed by atoms with E-state index in [1.807, 2.05) is 0 Å². The van der Waals surface area contributed by atoms with Crippen molar-refractivity contribution in [3.8, 4) is 0 Å². The molecule has 0 saturated carbocycles. The SMILES string of the molecule is F.F.NCCC(N)CCO. The first-order valence-electron chi connectivity index (χ1n) is 2.87. The molecule has 0 aromatic carbocycles. The highest BCUT2D eigenvalue weighted by Crippen LogP contribution is 1.89. The van der Waals surface area contributed by atoms with Crippen LogP contribution in [0.3, 0.4) is 0 Å². The van der Waals surface area contributed by atoms with Crippen LogP contribution < -0.4 is 11.5 Å². The van der Waals surface area contributed by atoms with Gasteiger partial charge in [-0.05, 0) is 19.4 Å². The Balaban J connectivity index is -0.000000245. The van der Waals surface area contributed by atoms with Crippen molar-refractivity contribution in [1.29, 1.82) is 0 Å². The first-order chi connectivity index (χ1) is 3.81. The molecule has 0 saturated heterocycles. The van der Waals surface area contributed by atoms with Gasteiger partial charge in [0.15, 0.2) is 0 Å². The summed E-state index contributed by atoms with van der Waals surface area (Å²) in [7, 11) is 0. The van der Waals surface area contributed by atoms with Crippen molar-refractivity contribution < 1.29 is 14.5 Å². The number of halogens is 2. The molecule has 0 amide bonds. The third-order valence-corrected chi connectivity index (χ3v) is 1.04. The number of nitrogens with two attached hydrogens (primary N) is 2. The summed E-state index contributed by atoms with van der Waals surface area (Å²) in [6.07, 6.45) is 1.47. The lowest BCUT2D eigenvalue weighted by Gasteiger charge is -2.05. The Morgan fingerprint density at radius 2 is 1.70 bits per heavy atom. The Labute approximate surface area is 59.1 Å². The minimum atomic E-state index is 0. The summed E-state index contributed by atoms with van der Waals surface area (Å²) in [6.45, 7) is 0.780. The van der Waals surface area contributed by atoms with Crippen molar-refractivity contribution in [2.75, 3.05) is 13.2 Å². The topological polar surface area (TPSA) is 72.3 Å². The first kappa shape index (κ1) is 16.4. The number of aliphatic hydroxyl groups is 1. The lowest BCUT2D eigenvalue weighted by atomic mass is 10.2. The highest BCUT2D eigenvalue weighted by molar-refractivity contribution is 4.59. The molecule has 0 heterocycles. The number of hydrogen-bond acceptors (Lipinski definition) is 3. The van der Waals surface area contributed by atoms with E-state index in [0.717, 1.165) is 6.42 Å². The smallest absolute Gasteiger partial charge is 0.0445 e. The molecule has 0 rings (SSSR count). The Morgan fingerprint density at radius 1 is 1.20 bits per heavy atom. The monoisotopic (exact) mass is 158 g/mol. The second-order valence-corrected chi connectivity index (χ2v) is 1.85. The van der Waals surface area contributed by atoms with Crippen LogP contribution in [0.4, 0.5) is 9.41 Å². The second kappa shape index (κ2) is 11.5. The lowest BCUT2D eigenvalue weighted by Crippen LogP contribution is -2.24. The zero-order chi connectivity index (χ0) is 6.41. The van der Waals surface area contributed by atoms with Gasteiger partial charge in [-0.25, -0.2) is 0 Å². The van der Waals surface area contributed by atoms with Gasteiger partial charge >= 0.3 is 0 Å². The quantitative estimate of drug-likeness (QED) is 0.509. The molecule has 0 bridgehead atoms. The zero-order valence-corrected chi connectivity index (χ0v) is 5.82. The Bertz CT molecular complexity index is 50.9. The highest BCUT2D eigenvalue weighted by Gasteiger charge is 1.96. The van der Waals surface area contributed by atoms with E-state index < -0.39 is 0 Å². The van der Waals surface area contributed by atoms with E-state index in [9.17, 15) is 0 Å². The third kappa shape index (κ3) is 10.7. The number of hydrogen-bond donors (Lipinski definition) is 3. The van der Waals surface area contributed by atoms with E-state index in [4.69, 9.17) is 16.6 Å². The van der Waals surface area contributed by atoms with Crippen LogP contribution in [0.15, 0.2) is 0 Å². The molecule has 5 N–H and O–H groups in total. The summed E-state index contributed by atoms with van der Waals surface area (Å²) in [5, 5.41) is 8.34. The van der Waals surface area contributed by atoms with E-state index in [2.05, 4.69) is 0 Å². The van der Waals surface area contributed by atoms with Gasteiger partial charge in [0, 0.05) is 12.6 Å². The summed E-state index contributed by atoms with van der Waals surface area (Å²) >= 11 is 0. The van der Waals surface area contributed by atoms with Crippen molar-refractivity contribution in [3.63, 3.8) is 0 Å². The van der Waals surface area contributed by atoms with Gasteiger partial charge in [0.05, 0.1) is 0 Å². The Morgan fingerprint density at radius 3 is 2.00 bits per heavy atom. The molecule has 0 aliphatic rings. The summed E-state index contributed by atoms with van der Waals surface area (Å²) in [5.41, 5.74) is 10.7. The molecule has 0 aromatic rings. The standard InChI is InChI=1S/C5H14N2O.2FH/c6-3-1-5(7)2-4-8;;/h5,8H,1-4,6-7H2;2*1H. The molecule has 1 atom stereocenters. The van der Waals surface area contributed by atoms with Gasteiger partial charge in [-0.15, -0.1) is 0 Å². The zero-order valence-electron chi connectivity index (χ0n) is 5.82. The maximum atomic E-state index is 8.34. The average molecular weight is 158 g/mol. The predicted octanol–water partition coefficient (Wildman–Crippen LogP) is -0.650. The molecule has 10 heavy (non-hydrogen) atoms. The fraction of sp³-hybridized carbons (Fsp3) is 1.00. The summed E-state index contributed by atoms with van der Waals surface area (Å²) < 4.78 is 0. The predicted molar refractivity (Wildman–Crippen MR) is 38.4 cm³/mol. The molecule has 0 aromatic heterocycles. The minimum Gasteiger partial charge on any atom is -0.396 e. The van der Waals surface area contributed by atoms with Crippen LogP contribution in [0.5, 0.6) is 0 Å². The molecule has 1 unspecified atom stereocenters. The summed E-state index contributed by atoms with van der Waals surface area (Å²) in [4.78, 5) is 0. The molecule has 66 valence electrons. The molecule has 3 nitrogen and oxygen atoms in total. The van der Waals surface area contributed by atoms with Gasteiger partial charge in [0.2, 0.25) is 0 Å². The third-order valence-electron chi connectivity index (χ3n) is 1.04. The van der Waals surface area contributed by atoms with Gasteiger partial charge in [0.25, 0.3) is 0 Å². The maximum Gasteiger partial charge on any atom is 0.0445 e. The molecule has 0 aliphatic heterocycles. The van der Waals surface area contributed by atoms with Crippen LogP contribution in [0.25, 0.3) is 0 Å². The van der Waals surface area contributed by atoms with E-state index in [0.29, 0.717) is 13.0 Å². The maximum absolute atomic E-state index is 8.34. The van der Waals surface area contributed by atoms with Crippen LogP contribution in [0, 0.1) is 0 Å². The highest BCUT2D eigenvalue weighted by atomic mass is 19.0. The van der Waals surface area contributed by atoms with Crippen LogP contribution in [-0.2, 0) is 0 Å². The van der Waals surface area contributed by atoms with Crippen molar-refractivity contribution in [2.24, 2.45) is 11.5 Å². The lowest BCUT2D eigenvalue weighted by molar-refractivity contribution is 0.273. The van der Waals surface area contributed by atoms with Crippen molar-refractivity contribution in [1.82, 2.24) is 0 Å². The van der Waals surface area contributed by atoms with E-state index >= 15 is 0 Å². The van der Waals surface area contributed by atoms with Gasteiger partial charge in [-0.1, -0.05) is 0 Å². The summed E-state index contributed by atoms with van der Waals surface area (Å²) in [5.74, 6) is 0. The fourth-order valence-corrected chi connectivity index (χ4v) is 0.524. The van der Waals surface area contributed by atoms with Crippen molar-refractivity contribution in [2.45, 2.75) is 18.9 Å². The number of rotatable bonds is 4. The molecule has 0 fully saturated rings. The van der Waals surface area contributed by atoms with Gasteiger partial charge in [0.1, 0.15) is 0 Å². The molecule has 0 aliphatic carbocycles. The van der Waals surface area contributed by atoms with Gasteiger partial charge in [-0.3, -0.25) is 9.41 Å². The first-order valence-corrected chi connectivity index (χ1v) is 2.87. The molecular formula is C5H16F2N2O. The summed E-state index contributed by atoms with van der Waals surface area (Å²) in [6, 6.07) is 0.0880. The van der Waals surface area contributed by atoms with Crippen LogP contribution >= 0.6 is 0 Å². The van der Waals surface area contributed by atoms with E-state index in [1.54, 1.807) is 0 Å². The Kier molecular flexibility index (Phi) is 18.9. The van der Waals surface area contributed by atoms with Crippen LogP contribution in [-0.4, -0.2) is 24.3 Å². The molecule has 0 radical (unpaired) electrons. The average Bonchev–Trinajstić information content (AvgIpc) is 1.68. The van der Waals surface area contributed by atoms with E-state index in [1.165, 1.54) is 0 Å². The Hall–Kier alpha value is -0.260. The fourth-order valence-electron chi connectivity index (χ4n) is 0.524. The number of aliphatic hydroxyl groups excluding tert-OH is 1. The van der Waals surface area contributed by atoms with Gasteiger partial charge in [-0.2, -0.15) is 0 Å². The molecule has 5 heteroatoms. The molecular weight excluding hydrogens is 142 g/mol. The van der Waals surface area contributed by atoms with E-state index in [-0.39, 0.29) is 22.1 Å². The van der Waals surface area contributed by atoms with Crippen molar-refractivity contribution >= 4 is 0 Å². The normalized spacial score (nSPS) is 11.1. The minimum absolute atomic E-state index is 0. The largest absolute Gasteiger partial charge is 0.396 e. The molecule has 0 spiro atoms. The van der Waals surface area contributed by atoms with Gasteiger partial charge < -0.3 is 16.6 Å². The van der Waals surface area contributed by atoms with Crippen LogP contribution in [0.1, 0.15) is 12.8 Å².